The molecule has 2 atom stereocenters. The lowest BCUT2D eigenvalue weighted by atomic mass is 10.0. The van der Waals surface area contributed by atoms with Gasteiger partial charge in [0.1, 0.15) is 17.6 Å². The molecule has 2 aromatic heterocycles. The van der Waals surface area contributed by atoms with Gasteiger partial charge in [-0.15, -0.1) is 0 Å². The quantitative estimate of drug-likeness (QED) is 0.429. The van der Waals surface area contributed by atoms with Crippen molar-refractivity contribution < 1.29 is 9.13 Å². The van der Waals surface area contributed by atoms with E-state index in [1.807, 2.05) is 71.4 Å². The molecule has 1 fully saturated rings. The van der Waals surface area contributed by atoms with Crippen molar-refractivity contribution in [2.75, 3.05) is 12.0 Å². The van der Waals surface area contributed by atoms with Gasteiger partial charge in [-0.05, 0) is 66.8 Å². The van der Waals surface area contributed by atoms with Gasteiger partial charge in [-0.3, -0.25) is 4.98 Å². The molecule has 0 bridgehead atoms. The number of benzene rings is 2. The molecule has 32 heavy (non-hydrogen) atoms. The molecule has 1 N–H and O–H groups in total. The number of methoxy groups -OCH3 is 1. The summed E-state index contributed by atoms with van der Waals surface area (Å²) >= 11 is 5.79. The number of nitrogens with zero attached hydrogens (tertiary/aromatic N) is 3. The molecular weight excluding hydrogens is 423 g/mol. The van der Waals surface area contributed by atoms with Gasteiger partial charge in [0.25, 0.3) is 0 Å². The fourth-order valence-electron chi connectivity index (χ4n) is 4.19. The Kier molecular flexibility index (Phi) is 5.33. The first kappa shape index (κ1) is 20.2. The summed E-state index contributed by atoms with van der Waals surface area (Å²) in [5, 5.41) is 4.04. The van der Waals surface area contributed by atoms with Crippen molar-refractivity contribution in [3.63, 3.8) is 0 Å². The first-order chi connectivity index (χ1) is 15.7. The molecule has 0 aliphatic carbocycles. The van der Waals surface area contributed by atoms with Crippen molar-refractivity contribution in [1.82, 2.24) is 14.9 Å². The van der Waals surface area contributed by atoms with Crippen molar-refractivity contribution in [2.24, 2.45) is 0 Å². The highest BCUT2D eigenvalue weighted by molar-refractivity contribution is 7.80. The Balaban J connectivity index is 1.67. The van der Waals surface area contributed by atoms with Crippen LogP contribution < -0.4 is 15.0 Å². The van der Waals surface area contributed by atoms with Crippen molar-refractivity contribution in [3.8, 4) is 11.4 Å². The molecule has 160 valence electrons. The van der Waals surface area contributed by atoms with Crippen LogP contribution in [-0.2, 0) is 0 Å². The summed E-state index contributed by atoms with van der Waals surface area (Å²) in [6.07, 6.45) is 3.71. The second kappa shape index (κ2) is 8.43. The van der Waals surface area contributed by atoms with Crippen molar-refractivity contribution in [3.05, 3.63) is 108 Å². The van der Waals surface area contributed by atoms with E-state index in [0.717, 1.165) is 28.5 Å². The van der Waals surface area contributed by atoms with Gasteiger partial charge in [-0.1, -0.05) is 18.2 Å². The monoisotopic (exact) mass is 444 g/mol. The molecule has 2 aromatic carbocycles. The summed E-state index contributed by atoms with van der Waals surface area (Å²) in [6, 6.07) is 23.8. The SMILES string of the molecule is COc1cccc(N2C(=S)N[C@@H](c3ccccn3)[C@@H]2c2cccn2-c2cccc(F)c2)c1. The van der Waals surface area contributed by atoms with E-state index in [4.69, 9.17) is 17.0 Å². The second-order valence-corrected chi connectivity index (χ2v) is 7.87. The molecule has 0 amide bonds. The summed E-state index contributed by atoms with van der Waals surface area (Å²) in [6.45, 7) is 0. The Morgan fingerprint density at radius 1 is 0.969 bits per heavy atom. The van der Waals surface area contributed by atoms with Crippen LogP contribution in [0.1, 0.15) is 23.5 Å². The molecule has 7 heteroatoms. The summed E-state index contributed by atoms with van der Waals surface area (Å²) in [7, 11) is 1.64. The van der Waals surface area contributed by atoms with Crippen LogP contribution in [0.5, 0.6) is 5.75 Å². The summed E-state index contributed by atoms with van der Waals surface area (Å²) in [5.74, 6) is 0.457. The maximum absolute atomic E-state index is 14.0. The molecule has 1 aliphatic heterocycles. The molecular formula is C25H21FN4OS. The lowest BCUT2D eigenvalue weighted by molar-refractivity contribution is 0.414. The van der Waals surface area contributed by atoms with Crippen molar-refractivity contribution in [1.29, 1.82) is 0 Å². The zero-order valence-corrected chi connectivity index (χ0v) is 18.2. The van der Waals surface area contributed by atoms with Crippen LogP contribution in [0.3, 0.4) is 0 Å². The topological polar surface area (TPSA) is 42.3 Å². The lowest BCUT2D eigenvalue weighted by Crippen LogP contribution is -2.30. The third-order valence-electron chi connectivity index (χ3n) is 5.60. The Labute approximate surface area is 191 Å². The highest BCUT2D eigenvalue weighted by Gasteiger charge is 2.42. The van der Waals surface area contributed by atoms with Crippen molar-refractivity contribution in [2.45, 2.75) is 12.1 Å². The highest BCUT2D eigenvalue weighted by Crippen LogP contribution is 2.42. The lowest BCUT2D eigenvalue weighted by Gasteiger charge is -2.29. The van der Waals surface area contributed by atoms with Gasteiger partial charge >= 0.3 is 0 Å². The van der Waals surface area contributed by atoms with E-state index in [9.17, 15) is 4.39 Å². The number of aromatic nitrogens is 2. The molecule has 1 saturated heterocycles. The predicted octanol–water partition coefficient (Wildman–Crippen LogP) is 5.20. The Bertz CT molecular complexity index is 1260. The summed E-state index contributed by atoms with van der Waals surface area (Å²) < 4.78 is 21.5. The molecule has 5 nitrogen and oxygen atoms in total. The molecule has 0 radical (unpaired) electrons. The minimum Gasteiger partial charge on any atom is -0.497 e. The first-order valence-corrected chi connectivity index (χ1v) is 10.6. The number of rotatable bonds is 5. The third-order valence-corrected chi connectivity index (χ3v) is 5.91. The molecule has 0 spiro atoms. The van der Waals surface area contributed by atoms with Gasteiger partial charge in [0.15, 0.2) is 5.11 Å². The second-order valence-electron chi connectivity index (χ2n) is 7.48. The number of ether oxygens (including phenoxy) is 1. The van der Waals surface area contributed by atoms with E-state index in [1.54, 1.807) is 19.4 Å². The molecule has 0 saturated carbocycles. The molecule has 1 aliphatic rings. The van der Waals surface area contributed by atoms with Crippen LogP contribution in [0.15, 0.2) is 91.3 Å². The van der Waals surface area contributed by atoms with Gasteiger partial charge in [-0.2, -0.15) is 0 Å². The number of thiocarbonyl (C=S) groups is 1. The van der Waals surface area contributed by atoms with E-state index in [1.165, 1.54) is 12.1 Å². The average molecular weight is 445 g/mol. The Hall–Kier alpha value is -3.71. The fraction of sp³-hybridized carbons (Fsp3) is 0.120. The Morgan fingerprint density at radius 2 is 1.81 bits per heavy atom. The molecule has 3 heterocycles. The van der Waals surface area contributed by atoms with Gasteiger partial charge < -0.3 is 19.5 Å². The number of anilines is 1. The average Bonchev–Trinajstić information content (AvgIpc) is 3.44. The van der Waals surface area contributed by atoms with Crippen LogP contribution >= 0.6 is 12.2 Å². The fourth-order valence-corrected chi connectivity index (χ4v) is 4.54. The molecule has 5 rings (SSSR count). The van der Waals surface area contributed by atoms with Crippen LogP contribution in [0.4, 0.5) is 10.1 Å². The zero-order chi connectivity index (χ0) is 22.1. The van der Waals surface area contributed by atoms with E-state index < -0.39 is 0 Å². The normalized spacial score (nSPS) is 17.9. The van der Waals surface area contributed by atoms with Gasteiger partial charge in [-0.25, -0.2) is 4.39 Å². The third kappa shape index (κ3) is 3.61. The zero-order valence-electron chi connectivity index (χ0n) is 17.4. The van der Waals surface area contributed by atoms with E-state index in [-0.39, 0.29) is 17.9 Å². The number of hydrogen-bond donors (Lipinski definition) is 1. The van der Waals surface area contributed by atoms with Gasteiger partial charge in [0.05, 0.1) is 18.8 Å². The van der Waals surface area contributed by atoms with Crippen molar-refractivity contribution >= 4 is 23.0 Å². The van der Waals surface area contributed by atoms with E-state index in [2.05, 4.69) is 15.2 Å². The maximum atomic E-state index is 14.0. The highest BCUT2D eigenvalue weighted by atomic mass is 32.1. The van der Waals surface area contributed by atoms with Crippen LogP contribution in [0.25, 0.3) is 5.69 Å². The van der Waals surface area contributed by atoms with Gasteiger partial charge in [0.2, 0.25) is 0 Å². The smallest absolute Gasteiger partial charge is 0.174 e. The number of halogens is 1. The minimum absolute atomic E-state index is 0.197. The molecule has 0 unspecified atom stereocenters. The number of pyridine rings is 1. The van der Waals surface area contributed by atoms with Crippen LogP contribution in [-0.4, -0.2) is 21.8 Å². The number of hydrogen-bond acceptors (Lipinski definition) is 3. The minimum atomic E-state index is -0.284. The van der Waals surface area contributed by atoms with Gasteiger partial charge in [0, 0.05) is 35.5 Å². The largest absolute Gasteiger partial charge is 0.497 e. The standard InChI is InChI=1S/C25H21FN4OS/c1-31-20-10-5-9-19(16-20)30-24(23(28-25(30)32)21-11-2-3-13-27-21)22-12-6-14-29(22)18-8-4-7-17(26)15-18/h2-16,23-24H,1H3,(H,28,32)/t23-,24-/m0/s1. The number of nitrogens with one attached hydrogen (secondary N) is 1. The van der Waals surface area contributed by atoms with Crippen LogP contribution in [0, 0.1) is 5.82 Å². The molecule has 4 aromatic rings. The first-order valence-electron chi connectivity index (χ1n) is 10.2. The summed E-state index contributed by atoms with van der Waals surface area (Å²) in [5.41, 5.74) is 3.48. The van der Waals surface area contributed by atoms with E-state index in [0.29, 0.717) is 5.11 Å². The Morgan fingerprint density at radius 3 is 2.59 bits per heavy atom. The van der Waals surface area contributed by atoms with Crippen LogP contribution in [0.2, 0.25) is 0 Å². The maximum Gasteiger partial charge on any atom is 0.174 e. The predicted molar refractivity (Wildman–Crippen MR) is 127 cm³/mol. The summed E-state index contributed by atoms with van der Waals surface area (Å²) in [4.78, 5) is 6.66. The van der Waals surface area contributed by atoms with E-state index >= 15 is 0 Å².